The summed E-state index contributed by atoms with van der Waals surface area (Å²) in [5, 5.41) is 5.87. The van der Waals surface area contributed by atoms with Crippen molar-refractivity contribution in [3.63, 3.8) is 0 Å². The van der Waals surface area contributed by atoms with Crippen molar-refractivity contribution in [2.45, 2.75) is 0 Å². The molecule has 0 spiro atoms. The highest BCUT2D eigenvalue weighted by Gasteiger charge is 2.23. The fraction of sp³-hybridized carbons (Fsp3) is 0. The molecule has 45 heavy (non-hydrogen) atoms. The Morgan fingerprint density at radius 3 is 2.16 bits per heavy atom. The van der Waals surface area contributed by atoms with Crippen molar-refractivity contribution in [2.75, 3.05) is 0 Å². The van der Waals surface area contributed by atoms with Gasteiger partial charge in [0.25, 0.3) is 0 Å². The van der Waals surface area contributed by atoms with Gasteiger partial charge in [-0.1, -0.05) is 109 Å². The molecule has 0 N–H and O–H groups in total. The molecule has 0 bridgehead atoms. The standard InChI is InChI=1S/C40H23N3OS/c1-2-11-24(12-3-1)25-13-10-14-26(23-25)35-38-36(31-17-5-8-19-33(31)44-38)42-40(41-35)43-32-18-7-4-15-27(32)29-21-22-30-28-16-6-9-20-34(28)45-39(30)37(29)43/h1-23H. The summed E-state index contributed by atoms with van der Waals surface area (Å²) in [5.41, 5.74) is 8.55. The van der Waals surface area contributed by atoms with Gasteiger partial charge in [0.05, 0.1) is 15.7 Å². The monoisotopic (exact) mass is 593 g/mol. The second-order valence-electron chi connectivity index (χ2n) is 11.4. The van der Waals surface area contributed by atoms with E-state index in [1.165, 1.54) is 30.9 Å². The summed E-state index contributed by atoms with van der Waals surface area (Å²) < 4.78 is 11.3. The van der Waals surface area contributed by atoms with Crippen LogP contribution in [0.2, 0.25) is 0 Å². The second-order valence-corrected chi connectivity index (χ2v) is 12.4. The van der Waals surface area contributed by atoms with Crippen LogP contribution in [-0.2, 0) is 0 Å². The van der Waals surface area contributed by atoms with Gasteiger partial charge in [-0.2, -0.15) is 0 Å². The first kappa shape index (κ1) is 24.6. The van der Waals surface area contributed by atoms with Gasteiger partial charge in [0.1, 0.15) is 16.8 Å². The Kier molecular flexibility index (Phi) is 5.12. The largest absolute Gasteiger partial charge is 0.452 e. The third kappa shape index (κ3) is 3.59. The molecule has 4 nitrogen and oxygen atoms in total. The molecule has 5 heteroatoms. The average Bonchev–Trinajstić information content (AvgIpc) is 3.78. The molecule has 0 amide bonds. The van der Waals surface area contributed by atoms with Gasteiger partial charge in [-0.15, -0.1) is 11.3 Å². The maximum atomic E-state index is 6.51. The predicted octanol–water partition coefficient (Wildman–Crippen LogP) is 11.2. The van der Waals surface area contributed by atoms with Gasteiger partial charge in [0, 0.05) is 37.2 Å². The van der Waals surface area contributed by atoms with Gasteiger partial charge in [-0.25, -0.2) is 9.97 Å². The molecule has 4 heterocycles. The molecule has 0 saturated heterocycles. The van der Waals surface area contributed by atoms with Crippen molar-refractivity contribution >= 4 is 75.4 Å². The van der Waals surface area contributed by atoms with Crippen LogP contribution in [0, 0.1) is 0 Å². The fourth-order valence-corrected chi connectivity index (χ4v) is 8.03. The van der Waals surface area contributed by atoms with E-state index in [1.54, 1.807) is 0 Å². The van der Waals surface area contributed by atoms with Crippen LogP contribution in [-0.4, -0.2) is 14.5 Å². The molecule has 210 valence electrons. The Labute approximate surface area is 261 Å². The van der Waals surface area contributed by atoms with E-state index in [4.69, 9.17) is 14.4 Å². The van der Waals surface area contributed by atoms with Crippen molar-refractivity contribution in [2.24, 2.45) is 0 Å². The van der Waals surface area contributed by atoms with E-state index in [2.05, 4.69) is 120 Å². The van der Waals surface area contributed by atoms with Gasteiger partial charge >= 0.3 is 0 Å². The van der Waals surface area contributed by atoms with Crippen LogP contribution in [0.1, 0.15) is 0 Å². The van der Waals surface area contributed by atoms with Gasteiger partial charge in [0.2, 0.25) is 5.95 Å². The van der Waals surface area contributed by atoms with E-state index in [0.717, 1.165) is 49.9 Å². The summed E-state index contributed by atoms with van der Waals surface area (Å²) in [6.45, 7) is 0. The maximum absolute atomic E-state index is 6.51. The molecule has 0 fully saturated rings. The van der Waals surface area contributed by atoms with E-state index in [1.807, 2.05) is 35.6 Å². The highest BCUT2D eigenvalue weighted by atomic mass is 32.1. The Hall–Kier alpha value is -5.78. The molecule has 10 rings (SSSR count). The molecule has 0 atom stereocenters. The summed E-state index contributed by atoms with van der Waals surface area (Å²) in [6.07, 6.45) is 0. The summed E-state index contributed by atoms with van der Waals surface area (Å²) in [5.74, 6) is 0.630. The first-order valence-corrected chi connectivity index (χ1v) is 15.8. The van der Waals surface area contributed by atoms with E-state index in [0.29, 0.717) is 11.5 Å². The smallest absolute Gasteiger partial charge is 0.236 e. The van der Waals surface area contributed by atoms with Crippen molar-refractivity contribution in [1.29, 1.82) is 0 Å². The first-order valence-electron chi connectivity index (χ1n) is 15.0. The molecular weight excluding hydrogens is 571 g/mol. The van der Waals surface area contributed by atoms with Crippen LogP contribution < -0.4 is 0 Å². The first-order chi connectivity index (χ1) is 22.3. The molecule has 0 unspecified atom stereocenters. The minimum Gasteiger partial charge on any atom is -0.452 e. The topological polar surface area (TPSA) is 43.9 Å². The number of thiophene rings is 1. The molecule has 0 aliphatic carbocycles. The average molecular weight is 594 g/mol. The van der Waals surface area contributed by atoms with Crippen LogP contribution >= 0.6 is 11.3 Å². The third-order valence-corrected chi connectivity index (χ3v) is 10.0. The van der Waals surface area contributed by atoms with Gasteiger partial charge in [0.15, 0.2) is 5.58 Å². The molecule has 0 aliphatic heterocycles. The highest BCUT2D eigenvalue weighted by Crippen LogP contribution is 2.43. The number of para-hydroxylation sites is 2. The molecular formula is C40H23N3OS. The van der Waals surface area contributed by atoms with Crippen molar-refractivity contribution in [3.05, 3.63) is 140 Å². The Balaban J connectivity index is 1.34. The normalized spacial score (nSPS) is 12.0. The number of rotatable bonds is 3. The SMILES string of the molecule is c1ccc(-c2cccc(-c3nc(-n4c5ccccc5c5ccc6c7ccccc7sc6c54)nc4c3oc3ccccc34)c2)cc1. The lowest BCUT2D eigenvalue weighted by atomic mass is 10.0. The Morgan fingerprint density at radius 2 is 1.24 bits per heavy atom. The van der Waals surface area contributed by atoms with Crippen LogP contribution in [0.15, 0.2) is 144 Å². The molecule has 0 aliphatic rings. The number of hydrogen-bond donors (Lipinski definition) is 0. The fourth-order valence-electron chi connectivity index (χ4n) is 6.79. The maximum Gasteiger partial charge on any atom is 0.236 e. The van der Waals surface area contributed by atoms with Crippen molar-refractivity contribution in [3.8, 4) is 28.3 Å². The number of aromatic nitrogens is 3. The van der Waals surface area contributed by atoms with E-state index in [-0.39, 0.29) is 0 Å². The van der Waals surface area contributed by atoms with Gasteiger partial charge < -0.3 is 4.42 Å². The van der Waals surface area contributed by atoms with Gasteiger partial charge in [-0.05, 0) is 41.5 Å². The summed E-state index contributed by atoms with van der Waals surface area (Å²) in [4.78, 5) is 10.7. The molecule has 10 aromatic rings. The lowest BCUT2D eigenvalue weighted by molar-refractivity contribution is 0.666. The van der Waals surface area contributed by atoms with Crippen LogP contribution in [0.3, 0.4) is 0 Å². The Bertz CT molecular complexity index is 2770. The summed E-state index contributed by atoms with van der Waals surface area (Å²) >= 11 is 1.83. The third-order valence-electron chi connectivity index (χ3n) is 8.83. The number of fused-ring (bicyclic) bond motifs is 10. The van der Waals surface area contributed by atoms with E-state index >= 15 is 0 Å². The Morgan fingerprint density at radius 1 is 0.533 bits per heavy atom. The van der Waals surface area contributed by atoms with Crippen molar-refractivity contribution in [1.82, 2.24) is 14.5 Å². The minimum absolute atomic E-state index is 0.630. The lowest BCUT2D eigenvalue weighted by Crippen LogP contribution is -2.03. The number of hydrogen-bond acceptors (Lipinski definition) is 4. The van der Waals surface area contributed by atoms with Gasteiger partial charge in [-0.3, -0.25) is 4.57 Å². The predicted molar refractivity (Wildman–Crippen MR) is 187 cm³/mol. The number of furan rings is 1. The highest BCUT2D eigenvalue weighted by molar-refractivity contribution is 7.26. The molecule has 0 radical (unpaired) electrons. The summed E-state index contributed by atoms with van der Waals surface area (Å²) in [6, 6.07) is 48.9. The molecule has 4 aromatic heterocycles. The molecule has 0 saturated carbocycles. The zero-order valence-corrected chi connectivity index (χ0v) is 24.8. The lowest BCUT2D eigenvalue weighted by Gasteiger charge is -2.11. The number of nitrogens with zero attached hydrogens (tertiary/aromatic N) is 3. The van der Waals surface area contributed by atoms with E-state index < -0.39 is 0 Å². The zero-order chi connectivity index (χ0) is 29.5. The minimum atomic E-state index is 0.630. The molecule has 6 aromatic carbocycles. The quantitative estimate of drug-likeness (QED) is 0.205. The summed E-state index contributed by atoms with van der Waals surface area (Å²) in [7, 11) is 0. The second kappa shape index (κ2) is 9.36. The van der Waals surface area contributed by atoms with Crippen LogP contribution in [0.5, 0.6) is 0 Å². The van der Waals surface area contributed by atoms with Crippen molar-refractivity contribution < 1.29 is 4.42 Å². The van der Waals surface area contributed by atoms with E-state index in [9.17, 15) is 0 Å². The van der Waals surface area contributed by atoms with Crippen LogP contribution in [0.25, 0.3) is 92.4 Å². The van der Waals surface area contributed by atoms with Crippen LogP contribution in [0.4, 0.5) is 0 Å². The zero-order valence-electron chi connectivity index (χ0n) is 23.9. The number of benzene rings is 6.